The van der Waals surface area contributed by atoms with Crippen LogP contribution in [0.1, 0.15) is 19.3 Å². The van der Waals surface area contributed by atoms with Crippen LogP contribution < -0.4 is 4.74 Å². The van der Waals surface area contributed by atoms with Gasteiger partial charge in [-0.15, -0.1) is 0 Å². The van der Waals surface area contributed by atoms with Gasteiger partial charge in [-0.1, -0.05) is 23.2 Å². The Morgan fingerprint density at radius 2 is 2.00 bits per heavy atom. The van der Waals surface area contributed by atoms with Crippen LogP contribution in [0.5, 0.6) is 5.75 Å². The van der Waals surface area contributed by atoms with Gasteiger partial charge in [0.2, 0.25) is 0 Å². The smallest absolute Gasteiger partial charge is 0.140 e. The molecular formula is C11H11BrCl2O2. The summed E-state index contributed by atoms with van der Waals surface area (Å²) in [6.45, 7) is 0. The van der Waals surface area contributed by atoms with Crippen LogP contribution in [-0.2, 0) is 0 Å². The van der Waals surface area contributed by atoms with Crippen LogP contribution in [-0.4, -0.2) is 17.3 Å². The van der Waals surface area contributed by atoms with Crippen molar-refractivity contribution in [3.63, 3.8) is 0 Å². The third kappa shape index (κ3) is 2.65. The predicted octanol–water partition coefficient (Wildman–Crippen LogP) is 4.05. The minimum absolute atomic E-state index is 0.172. The molecule has 5 heteroatoms. The highest BCUT2D eigenvalue weighted by Gasteiger charge is 2.27. The Labute approximate surface area is 113 Å². The van der Waals surface area contributed by atoms with E-state index in [-0.39, 0.29) is 6.10 Å². The number of halogens is 3. The number of aliphatic hydroxyl groups is 1. The van der Waals surface area contributed by atoms with E-state index in [9.17, 15) is 5.11 Å². The van der Waals surface area contributed by atoms with Crippen LogP contribution in [0.3, 0.4) is 0 Å². The number of hydrogen-bond donors (Lipinski definition) is 1. The maximum Gasteiger partial charge on any atom is 0.140 e. The lowest BCUT2D eigenvalue weighted by atomic mass is 10.2. The summed E-state index contributed by atoms with van der Waals surface area (Å²) in [5.74, 6) is 0.529. The molecule has 1 aromatic carbocycles. The third-order valence-electron chi connectivity index (χ3n) is 2.67. The Hall–Kier alpha value is 0.0400. The van der Waals surface area contributed by atoms with Crippen LogP contribution in [0.4, 0.5) is 0 Å². The summed E-state index contributed by atoms with van der Waals surface area (Å²) in [5, 5.41) is 10.7. The molecule has 0 aliphatic heterocycles. The van der Waals surface area contributed by atoms with Crippen LogP contribution in [0, 0.1) is 0 Å². The minimum Gasteiger partial charge on any atom is -0.486 e. The summed E-state index contributed by atoms with van der Waals surface area (Å²) >= 11 is 15.3. The van der Waals surface area contributed by atoms with Gasteiger partial charge in [0.15, 0.2) is 0 Å². The van der Waals surface area contributed by atoms with E-state index in [1.807, 2.05) is 0 Å². The minimum atomic E-state index is -0.404. The fourth-order valence-corrected chi connectivity index (χ4v) is 2.64. The van der Waals surface area contributed by atoms with Crippen LogP contribution >= 0.6 is 39.1 Å². The maximum absolute atomic E-state index is 9.65. The normalized spacial score (nSPS) is 24.8. The fraction of sp³-hybridized carbons (Fsp3) is 0.455. The van der Waals surface area contributed by atoms with Gasteiger partial charge in [-0.2, -0.15) is 0 Å². The van der Waals surface area contributed by atoms with E-state index in [0.29, 0.717) is 15.8 Å². The van der Waals surface area contributed by atoms with E-state index < -0.39 is 6.10 Å². The number of rotatable bonds is 2. The molecule has 0 aromatic heterocycles. The molecule has 0 unspecified atom stereocenters. The second-order valence-corrected chi connectivity index (χ2v) is 5.52. The Morgan fingerprint density at radius 1 is 1.25 bits per heavy atom. The molecule has 1 fully saturated rings. The third-order valence-corrected chi connectivity index (χ3v) is 4.16. The zero-order chi connectivity index (χ0) is 11.7. The Balaban J connectivity index is 2.18. The first-order valence-corrected chi connectivity index (χ1v) is 6.62. The van der Waals surface area contributed by atoms with Gasteiger partial charge in [-0.05, 0) is 41.3 Å². The maximum atomic E-state index is 9.65. The molecule has 1 saturated carbocycles. The summed E-state index contributed by atoms with van der Waals surface area (Å²) in [7, 11) is 0. The van der Waals surface area contributed by atoms with Crippen molar-refractivity contribution < 1.29 is 9.84 Å². The highest BCUT2D eigenvalue weighted by Crippen LogP contribution is 2.36. The molecule has 0 heterocycles. The van der Waals surface area contributed by atoms with Gasteiger partial charge in [-0.25, -0.2) is 0 Å². The van der Waals surface area contributed by atoms with Gasteiger partial charge in [0.25, 0.3) is 0 Å². The SMILES string of the molecule is O[C@@H]1CCC[C@H]1Oc1cc(Cl)c(Br)cc1Cl. The quantitative estimate of drug-likeness (QED) is 0.831. The second kappa shape index (κ2) is 5.13. The number of aliphatic hydroxyl groups excluding tert-OH is 1. The number of benzene rings is 1. The number of ether oxygens (including phenoxy) is 1. The molecule has 0 radical (unpaired) electrons. The highest BCUT2D eigenvalue weighted by atomic mass is 79.9. The average molecular weight is 326 g/mol. The molecule has 88 valence electrons. The first-order chi connectivity index (χ1) is 7.58. The average Bonchev–Trinajstić information content (AvgIpc) is 2.61. The zero-order valence-corrected chi connectivity index (χ0v) is 11.5. The van der Waals surface area contributed by atoms with E-state index in [1.165, 1.54) is 0 Å². The van der Waals surface area contributed by atoms with Gasteiger partial charge in [0.1, 0.15) is 11.9 Å². The molecule has 1 aliphatic rings. The Kier molecular flexibility index (Phi) is 4.01. The van der Waals surface area contributed by atoms with Crippen LogP contribution in [0.25, 0.3) is 0 Å². The van der Waals surface area contributed by atoms with Crippen molar-refractivity contribution in [3.8, 4) is 5.75 Å². The molecule has 1 N–H and O–H groups in total. The van der Waals surface area contributed by atoms with Crippen molar-refractivity contribution >= 4 is 39.1 Å². The zero-order valence-electron chi connectivity index (χ0n) is 8.42. The van der Waals surface area contributed by atoms with Gasteiger partial charge in [-0.3, -0.25) is 0 Å². The first kappa shape index (κ1) is 12.5. The molecule has 0 saturated heterocycles. The van der Waals surface area contributed by atoms with Crippen LogP contribution in [0.15, 0.2) is 16.6 Å². The highest BCUT2D eigenvalue weighted by molar-refractivity contribution is 9.10. The largest absolute Gasteiger partial charge is 0.486 e. The molecule has 0 spiro atoms. The lowest BCUT2D eigenvalue weighted by Crippen LogP contribution is -2.25. The van der Waals surface area contributed by atoms with Crippen molar-refractivity contribution in [2.45, 2.75) is 31.5 Å². The van der Waals surface area contributed by atoms with Gasteiger partial charge in [0.05, 0.1) is 16.1 Å². The monoisotopic (exact) mass is 324 g/mol. The van der Waals surface area contributed by atoms with Crippen molar-refractivity contribution in [1.29, 1.82) is 0 Å². The van der Waals surface area contributed by atoms with Gasteiger partial charge < -0.3 is 9.84 Å². The molecule has 2 nitrogen and oxygen atoms in total. The second-order valence-electron chi connectivity index (χ2n) is 3.85. The lowest BCUT2D eigenvalue weighted by molar-refractivity contribution is 0.0605. The van der Waals surface area contributed by atoms with Crippen molar-refractivity contribution in [2.75, 3.05) is 0 Å². The van der Waals surface area contributed by atoms with E-state index in [1.54, 1.807) is 12.1 Å². The molecule has 1 aromatic rings. The first-order valence-electron chi connectivity index (χ1n) is 5.07. The summed E-state index contributed by atoms with van der Waals surface area (Å²) in [6.07, 6.45) is 2.04. The molecule has 0 amide bonds. The molecule has 16 heavy (non-hydrogen) atoms. The predicted molar refractivity (Wildman–Crippen MR) is 68.4 cm³/mol. The summed E-state index contributed by atoms with van der Waals surface area (Å²) < 4.78 is 6.40. The van der Waals surface area contributed by atoms with Crippen molar-refractivity contribution in [1.82, 2.24) is 0 Å². The van der Waals surface area contributed by atoms with Crippen molar-refractivity contribution in [3.05, 3.63) is 26.7 Å². The van der Waals surface area contributed by atoms with E-state index >= 15 is 0 Å². The Morgan fingerprint density at radius 3 is 2.62 bits per heavy atom. The summed E-state index contributed by atoms with van der Waals surface area (Å²) in [6, 6.07) is 3.36. The lowest BCUT2D eigenvalue weighted by Gasteiger charge is -2.18. The molecule has 0 bridgehead atoms. The summed E-state index contributed by atoms with van der Waals surface area (Å²) in [4.78, 5) is 0. The fourth-order valence-electron chi connectivity index (χ4n) is 1.80. The molecule has 2 atom stereocenters. The molecule has 1 aliphatic carbocycles. The van der Waals surface area contributed by atoms with Crippen LogP contribution in [0.2, 0.25) is 10.0 Å². The number of hydrogen-bond acceptors (Lipinski definition) is 2. The standard InChI is InChI=1S/C11H11BrCl2O2/c12-6-4-8(14)11(5-7(6)13)16-10-3-1-2-9(10)15/h4-5,9-10,15H,1-3H2/t9-,10-/m1/s1. The van der Waals surface area contributed by atoms with Crippen molar-refractivity contribution in [2.24, 2.45) is 0 Å². The molecular weight excluding hydrogens is 315 g/mol. The van der Waals surface area contributed by atoms with E-state index in [2.05, 4.69) is 15.9 Å². The molecule has 2 rings (SSSR count). The Bertz CT molecular complexity index is 398. The van der Waals surface area contributed by atoms with Gasteiger partial charge >= 0.3 is 0 Å². The van der Waals surface area contributed by atoms with E-state index in [0.717, 1.165) is 23.7 Å². The topological polar surface area (TPSA) is 29.5 Å². The van der Waals surface area contributed by atoms with Gasteiger partial charge in [0, 0.05) is 10.5 Å². The van der Waals surface area contributed by atoms with E-state index in [4.69, 9.17) is 27.9 Å². The summed E-state index contributed by atoms with van der Waals surface area (Å²) in [5.41, 5.74) is 0.